The van der Waals surface area contributed by atoms with Gasteiger partial charge >= 0.3 is 0 Å². The van der Waals surface area contributed by atoms with Gasteiger partial charge in [0.2, 0.25) is 11.8 Å². The van der Waals surface area contributed by atoms with E-state index >= 15 is 0 Å². The molecule has 1 heterocycles. The van der Waals surface area contributed by atoms with Crippen LogP contribution in [0.4, 0.5) is 0 Å². The van der Waals surface area contributed by atoms with Crippen LogP contribution in [0.5, 0.6) is 11.5 Å². The normalized spacial score (nSPS) is 16.3. The highest BCUT2D eigenvalue weighted by Gasteiger charge is 2.28. The molecule has 2 aromatic carbocycles. The second-order valence-corrected chi connectivity index (χ2v) is 9.09. The summed E-state index contributed by atoms with van der Waals surface area (Å²) in [6.45, 7) is 5.39. The van der Waals surface area contributed by atoms with Crippen LogP contribution < -0.4 is 14.8 Å². The molecule has 2 aliphatic rings. The van der Waals surface area contributed by atoms with Gasteiger partial charge in [-0.15, -0.1) is 0 Å². The predicted molar refractivity (Wildman–Crippen MR) is 127 cm³/mol. The summed E-state index contributed by atoms with van der Waals surface area (Å²) in [6, 6.07) is 13.6. The van der Waals surface area contributed by atoms with E-state index in [1.807, 2.05) is 56.3 Å². The summed E-state index contributed by atoms with van der Waals surface area (Å²) in [7, 11) is 0. The van der Waals surface area contributed by atoms with Crippen molar-refractivity contribution in [3.8, 4) is 11.5 Å². The van der Waals surface area contributed by atoms with Gasteiger partial charge in [0, 0.05) is 19.0 Å². The van der Waals surface area contributed by atoms with Crippen molar-refractivity contribution in [2.45, 2.75) is 71.0 Å². The van der Waals surface area contributed by atoms with Gasteiger partial charge in [0.25, 0.3) is 0 Å². The van der Waals surface area contributed by atoms with Gasteiger partial charge in [0.15, 0.2) is 11.5 Å². The van der Waals surface area contributed by atoms with E-state index in [0.29, 0.717) is 32.6 Å². The van der Waals surface area contributed by atoms with Crippen LogP contribution in [0.2, 0.25) is 0 Å². The number of fused-ring (bicyclic) bond motifs is 1. The second kappa shape index (κ2) is 10.7. The third-order valence-corrected chi connectivity index (χ3v) is 6.70. The van der Waals surface area contributed by atoms with Crippen LogP contribution >= 0.6 is 0 Å². The zero-order valence-electron chi connectivity index (χ0n) is 19.6. The van der Waals surface area contributed by atoms with Crippen LogP contribution in [0, 0.1) is 6.92 Å². The minimum absolute atomic E-state index is 0.0257. The Kier molecular flexibility index (Phi) is 7.53. The minimum Gasteiger partial charge on any atom is -0.486 e. The van der Waals surface area contributed by atoms with Crippen molar-refractivity contribution in [3.05, 3.63) is 59.2 Å². The molecule has 0 saturated heterocycles. The maximum atomic E-state index is 13.4. The first-order valence-corrected chi connectivity index (χ1v) is 12.0. The number of carbonyl (C=O) groups excluding carboxylic acids is 2. The highest BCUT2D eigenvalue weighted by molar-refractivity contribution is 5.87. The van der Waals surface area contributed by atoms with E-state index in [1.54, 1.807) is 4.90 Å². The number of ether oxygens (including phenoxy) is 2. The Morgan fingerprint density at radius 1 is 1.06 bits per heavy atom. The van der Waals surface area contributed by atoms with Crippen molar-refractivity contribution in [1.82, 2.24) is 10.2 Å². The quantitative estimate of drug-likeness (QED) is 0.655. The number of nitrogens with zero attached hydrogens (tertiary/aromatic N) is 1. The molecule has 2 amide bonds. The number of rotatable bonds is 8. The van der Waals surface area contributed by atoms with Gasteiger partial charge in [-0.25, -0.2) is 0 Å². The molecule has 6 heteroatoms. The number of hydrogen-bond donors (Lipinski definition) is 1. The van der Waals surface area contributed by atoms with Crippen LogP contribution in [0.3, 0.4) is 0 Å². The van der Waals surface area contributed by atoms with E-state index in [0.717, 1.165) is 53.9 Å². The van der Waals surface area contributed by atoms with Gasteiger partial charge in [-0.3, -0.25) is 9.59 Å². The summed E-state index contributed by atoms with van der Waals surface area (Å²) in [5.41, 5.74) is 3.20. The van der Waals surface area contributed by atoms with Crippen molar-refractivity contribution in [2.75, 3.05) is 13.2 Å². The minimum atomic E-state index is -0.530. The maximum Gasteiger partial charge on any atom is 0.242 e. The third-order valence-electron chi connectivity index (χ3n) is 6.70. The molecule has 0 spiro atoms. The highest BCUT2D eigenvalue weighted by atomic mass is 16.6. The van der Waals surface area contributed by atoms with E-state index in [1.165, 1.54) is 0 Å². The van der Waals surface area contributed by atoms with E-state index in [9.17, 15) is 9.59 Å². The Morgan fingerprint density at radius 3 is 2.55 bits per heavy atom. The van der Waals surface area contributed by atoms with E-state index < -0.39 is 6.04 Å². The largest absolute Gasteiger partial charge is 0.486 e. The second-order valence-electron chi connectivity index (χ2n) is 9.09. The molecular weight excluding hydrogens is 416 g/mol. The average Bonchev–Trinajstić information content (AvgIpc) is 3.34. The summed E-state index contributed by atoms with van der Waals surface area (Å²) >= 11 is 0. The molecule has 1 aliphatic heterocycles. The lowest BCUT2D eigenvalue weighted by atomic mass is 10.0. The molecule has 1 aliphatic carbocycles. The van der Waals surface area contributed by atoms with Gasteiger partial charge in [-0.2, -0.15) is 0 Å². The van der Waals surface area contributed by atoms with Gasteiger partial charge in [-0.05, 0) is 61.9 Å². The van der Waals surface area contributed by atoms with Crippen LogP contribution in [-0.2, 0) is 22.6 Å². The standard InChI is InChI=1S/C27H34N2O4/c1-19-7-3-4-8-22(19)18-29(20(2)27(31)28-23-9-5-6-10-23)26(30)14-12-21-11-13-24-25(17-21)33-16-15-32-24/h3-4,7-8,11,13,17,20,23H,5-6,9-10,12,14-16,18H2,1-2H3,(H,28,31)/t20-/m1/s1. The lowest BCUT2D eigenvalue weighted by Crippen LogP contribution is -2.49. The Morgan fingerprint density at radius 2 is 1.79 bits per heavy atom. The van der Waals surface area contributed by atoms with Crippen LogP contribution in [0.25, 0.3) is 0 Å². The van der Waals surface area contributed by atoms with Gasteiger partial charge in [0.05, 0.1) is 0 Å². The summed E-state index contributed by atoms with van der Waals surface area (Å²) in [5, 5.41) is 3.16. The van der Waals surface area contributed by atoms with Crippen molar-refractivity contribution < 1.29 is 19.1 Å². The maximum absolute atomic E-state index is 13.4. The SMILES string of the molecule is Cc1ccccc1CN(C(=O)CCc1ccc2c(c1)OCCO2)[C@H](C)C(=O)NC1CCCC1. The Hall–Kier alpha value is -3.02. The van der Waals surface area contributed by atoms with Crippen molar-refractivity contribution in [2.24, 2.45) is 0 Å². The topological polar surface area (TPSA) is 67.9 Å². The Bertz CT molecular complexity index is 984. The first-order valence-electron chi connectivity index (χ1n) is 12.0. The first-order chi connectivity index (χ1) is 16.0. The predicted octanol–water partition coefficient (Wildman–Crippen LogP) is 4.17. The fourth-order valence-corrected chi connectivity index (χ4v) is 4.58. The molecule has 0 radical (unpaired) electrons. The molecule has 1 fully saturated rings. The zero-order chi connectivity index (χ0) is 23.2. The molecule has 1 atom stereocenters. The number of benzene rings is 2. The number of nitrogens with one attached hydrogen (secondary N) is 1. The third kappa shape index (κ3) is 5.86. The lowest BCUT2D eigenvalue weighted by Gasteiger charge is -2.30. The van der Waals surface area contributed by atoms with Gasteiger partial charge in [0.1, 0.15) is 19.3 Å². The number of hydrogen-bond acceptors (Lipinski definition) is 4. The molecule has 176 valence electrons. The molecule has 33 heavy (non-hydrogen) atoms. The number of carbonyl (C=O) groups is 2. The van der Waals surface area contributed by atoms with Gasteiger partial charge < -0.3 is 19.7 Å². The smallest absolute Gasteiger partial charge is 0.242 e. The van der Waals surface area contributed by atoms with E-state index in [2.05, 4.69) is 5.32 Å². The average molecular weight is 451 g/mol. The molecule has 6 nitrogen and oxygen atoms in total. The van der Waals surface area contributed by atoms with Crippen molar-refractivity contribution in [1.29, 1.82) is 0 Å². The van der Waals surface area contributed by atoms with Gasteiger partial charge in [-0.1, -0.05) is 43.2 Å². The Labute approximate surface area is 196 Å². The van der Waals surface area contributed by atoms with E-state index in [4.69, 9.17) is 9.47 Å². The highest BCUT2D eigenvalue weighted by Crippen LogP contribution is 2.31. The monoisotopic (exact) mass is 450 g/mol. The van der Waals surface area contributed by atoms with E-state index in [-0.39, 0.29) is 17.9 Å². The molecule has 0 unspecified atom stereocenters. The molecule has 0 bridgehead atoms. The molecule has 1 N–H and O–H groups in total. The molecule has 1 saturated carbocycles. The lowest BCUT2D eigenvalue weighted by molar-refractivity contribution is -0.140. The van der Waals surface area contributed by atoms with Crippen LogP contribution in [-0.4, -0.2) is 42.0 Å². The zero-order valence-corrected chi connectivity index (χ0v) is 19.6. The summed E-state index contributed by atoms with van der Waals surface area (Å²) in [6.07, 6.45) is 5.26. The molecule has 4 rings (SSSR count). The fourth-order valence-electron chi connectivity index (χ4n) is 4.58. The molecule has 0 aromatic heterocycles. The molecular formula is C27H34N2O4. The number of amides is 2. The van der Waals surface area contributed by atoms with Crippen LogP contribution in [0.1, 0.15) is 55.7 Å². The van der Waals surface area contributed by atoms with Crippen molar-refractivity contribution in [3.63, 3.8) is 0 Å². The fraction of sp³-hybridized carbons (Fsp3) is 0.481. The van der Waals surface area contributed by atoms with Crippen molar-refractivity contribution >= 4 is 11.8 Å². The van der Waals surface area contributed by atoms with Crippen LogP contribution in [0.15, 0.2) is 42.5 Å². The first kappa shape index (κ1) is 23.1. The summed E-state index contributed by atoms with van der Waals surface area (Å²) in [4.78, 5) is 28.1. The number of aryl methyl sites for hydroxylation is 2. The summed E-state index contributed by atoms with van der Waals surface area (Å²) in [5.74, 6) is 1.38. The Balaban J connectivity index is 1.46. The summed E-state index contributed by atoms with van der Waals surface area (Å²) < 4.78 is 11.3. The molecule has 2 aromatic rings.